The fourth-order valence-corrected chi connectivity index (χ4v) is 3.70. The van der Waals surface area contributed by atoms with Crippen LogP contribution in [-0.4, -0.2) is 26.8 Å². The van der Waals surface area contributed by atoms with E-state index >= 15 is 0 Å². The van der Waals surface area contributed by atoms with Crippen LogP contribution in [0.15, 0.2) is 24.3 Å². The average Bonchev–Trinajstić information content (AvgIpc) is 2.54. The Morgan fingerprint density at radius 1 is 1.32 bits per heavy atom. The molecule has 0 aliphatic heterocycles. The number of benzene rings is 1. The molecule has 22 heavy (non-hydrogen) atoms. The zero-order chi connectivity index (χ0) is 16.0. The van der Waals surface area contributed by atoms with E-state index in [2.05, 4.69) is 10.8 Å². The molecule has 120 valence electrons. The molecule has 0 bridgehead atoms. The molecule has 0 spiro atoms. The van der Waals surface area contributed by atoms with Gasteiger partial charge in [-0.1, -0.05) is 25.0 Å². The summed E-state index contributed by atoms with van der Waals surface area (Å²) in [4.78, 5) is 0. The Morgan fingerprint density at radius 2 is 2.05 bits per heavy atom. The van der Waals surface area contributed by atoms with Gasteiger partial charge in [-0.15, -0.1) is 0 Å². The second kappa shape index (κ2) is 7.61. The third-order valence-corrected chi connectivity index (χ3v) is 5.50. The Hall–Kier alpha value is -1.58. The Kier molecular flexibility index (Phi) is 5.81. The number of para-hydroxylation sites is 1. The number of hydrogen-bond donors (Lipinski definition) is 1. The largest absolute Gasteiger partial charge is 0.492 e. The van der Waals surface area contributed by atoms with Gasteiger partial charge in [-0.2, -0.15) is 5.26 Å². The van der Waals surface area contributed by atoms with Crippen molar-refractivity contribution in [3.63, 3.8) is 0 Å². The standard InChI is InChI=1S/C16H22N2O3S/c1-2-22(19,20)18-15-9-5-3-8-14(15)12-21-16-10-6-4-7-13(16)11-17/h4,6-7,10,14-15,18H,2-3,5,8-9,12H2,1H3/t14-,15+/m0/s1. The van der Waals surface area contributed by atoms with Crippen molar-refractivity contribution >= 4 is 10.0 Å². The molecule has 2 atom stereocenters. The van der Waals surface area contributed by atoms with E-state index in [9.17, 15) is 8.42 Å². The SMILES string of the molecule is CCS(=O)(=O)N[C@@H]1CCCC[C@H]1COc1ccccc1C#N. The molecule has 0 saturated heterocycles. The molecule has 1 fully saturated rings. The number of nitriles is 1. The van der Waals surface area contributed by atoms with Gasteiger partial charge in [-0.3, -0.25) is 0 Å². The van der Waals surface area contributed by atoms with Gasteiger partial charge < -0.3 is 4.74 Å². The molecule has 0 unspecified atom stereocenters. The maximum absolute atomic E-state index is 11.8. The zero-order valence-electron chi connectivity index (χ0n) is 12.8. The highest BCUT2D eigenvalue weighted by Crippen LogP contribution is 2.27. The van der Waals surface area contributed by atoms with Crippen LogP contribution >= 0.6 is 0 Å². The molecule has 1 aliphatic rings. The van der Waals surface area contributed by atoms with Gasteiger partial charge in [-0.05, 0) is 31.9 Å². The van der Waals surface area contributed by atoms with E-state index in [0.29, 0.717) is 17.9 Å². The van der Waals surface area contributed by atoms with Crippen molar-refractivity contribution in [1.29, 1.82) is 5.26 Å². The van der Waals surface area contributed by atoms with Crippen LogP contribution in [0.1, 0.15) is 38.2 Å². The minimum atomic E-state index is -3.21. The smallest absolute Gasteiger partial charge is 0.211 e. The maximum Gasteiger partial charge on any atom is 0.211 e. The topological polar surface area (TPSA) is 79.2 Å². The molecule has 5 nitrogen and oxygen atoms in total. The monoisotopic (exact) mass is 322 g/mol. The van der Waals surface area contributed by atoms with Gasteiger partial charge in [0.1, 0.15) is 11.8 Å². The summed E-state index contributed by atoms with van der Waals surface area (Å²) in [6.07, 6.45) is 3.89. The highest BCUT2D eigenvalue weighted by Gasteiger charge is 2.28. The van der Waals surface area contributed by atoms with Crippen LogP contribution in [0, 0.1) is 17.2 Å². The first-order chi connectivity index (χ1) is 10.6. The van der Waals surface area contributed by atoms with Crippen molar-refractivity contribution in [1.82, 2.24) is 4.72 Å². The van der Waals surface area contributed by atoms with Gasteiger partial charge in [0.2, 0.25) is 10.0 Å². The zero-order valence-corrected chi connectivity index (χ0v) is 13.6. The van der Waals surface area contributed by atoms with E-state index in [1.54, 1.807) is 25.1 Å². The molecule has 1 aliphatic carbocycles. The molecule has 1 saturated carbocycles. The summed E-state index contributed by atoms with van der Waals surface area (Å²) in [5.74, 6) is 0.795. The van der Waals surface area contributed by atoms with Crippen molar-refractivity contribution in [3.8, 4) is 11.8 Å². The molecular formula is C16H22N2O3S. The predicted molar refractivity (Wildman–Crippen MR) is 85.0 cm³/mol. The van der Waals surface area contributed by atoms with Crippen LogP contribution < -0.4 is 9.46 Å². The molecule has 1 aromatic rings. The summed E-state index contributed by atoms with van der Waals surface area (Å²) < 4.78 is 32.2. The summed E-state index contributed by atoms with van der Waals surface area (Å²) in [5, 5.41) is 9.07. The summed E-state index contributed by atoms with van der Waals surface area (Å²) in [5.41, 5.74) is 0.504. The number of nitrogens with one attached hydrogen (secondary N) is 1. The molecule has 1 N–H and O–H groups in total. The number of nitrogens with zero attached hydrogens (tertiary/aromatic N) is 1. The maximum atomic E-state index is 11.8. The summed E-state index contributed by atoms with van der Waals surface area (Å²) >= 11 is 0. The van der Waals surface area contributed by atoms with E-state index in [-0.39, 0.29) is 17.7 Å². The first kappa shape index (κ1) is 16.8. The quantitative estimate of drug-likeness (QED) is 0.872. The highest BCUT2D eigenvalue weighted by atomic mass is 32.2. The molecule has 0 aromatic heterocycles. The Morgan fingerprint density at radius 3 is 2.77 bits per heavy atom. The van der Waals surface area contributed by atoms with Crippen molar-refractivity contribution in [2.45, 2.75) is 38.6 Å². The summed E-state index contributed by atoms with van der Waals surface area (Å²) in [7, 11) is -3.21. The van der Waals surface area contributed by atoms with E-state index in [1.807, 2.05) is 6.07 Å². The summed E-state index contributed by atoms with van der Waals surface area (Å²) in [6, 6.07) is 9.14. The molecule has 2 rings (SSSR count). The molecular weight excluding hydrogens is 300 g/mol. The lowest BCUT2D eigenvalue weighted by atomic mass is 9.86. The fourth-order valence-electron chi connectivity index (χ4n) is 2.76. The minimum absolute atomic E-state index is 0.0760. The van der Waals surface area contributed by atoms with Crippen molar-refractivity contribution in [2.75, 3.05) is 12.4 Å². The van der Waals surface area contributed by atoms with Gasteiger partial charge in [-0.25, -0.2) is 13.1 Å². The van der Waals surface area contributed by atoms with Crippen molar-refractivity contribution in [2.24, 2.45) is 5.92 Å². The third-order valence-electron chi connectivity index (χ3n) is 4.08. The number of rotatable bonds is 6. The first-order valence-electron chi connectivity index (χ1n) is 7.67. The van der Waals surface area contributed by atoms with Crippen LogP contribution in [0.4, 0.5) is 0 Å². The van der Waals surface area contributed by atoms with E-state index < -0.39 is 10.0 Å². The van der Waals surface area contributed by atoms with Crippen LogP contribution in [-0.2, 0) is 10.0 Å². The van der Waals surface area contributed by atoms with Crippen LogP contribution in [0.25, 0.3) is 0 Å². The minimum Gasteiger partial charge on any atom is -0.492 e. The lowest BCUT2D eigenvalue weighted by molar-refractivity contribution is 0.180. The predicted octanol–water partition coefficient (Wildman–Crippen LogP) is 2.44. The Labute approximate surface area is 132 Å². The normalized spacial score (nSPS) is 22.0. The second-order valence-electron chi connectivity index (χ2n) is 5.59. The van der Waals surface area contributed by atoms with Crippen LogP contribution in [0.3, 0.4) is 0 Å². The van der Waals surface area contributed by atoms with Gasteiger partial charge >= 0.3 is 0 Å². The van der Waals surface area contributed by atoms with Gasteiger partial charge in [0.15, 0.2) is 0 Å². The van der Waals surface area contributed by atoms with Gasteiger partial charge in [0, 0.05) is 12.0 Å². The van der Waals surface area contributed by atoms with E-state index in [0.717, 1.165) is 25.7 Å². The fraction of sp³-hybridized carbons (Fsp3) is 0.562. The molecule has 0 amide bonds. The number of hydrogen-bond acceptors (Lipinski definition) is 4. The molecule has 6 heteroatoms. The second-order valence-corrected chi connectivity index (χ2v) is 7.63. The van der Waals surface area contributed by atoms with Gasteiger partial charge in [0.25, 0.3) is 0 Å². The van der Waals surface area contributed by atoms with Crippen molar-refractivity contribution in [3.05, 3.63) is 29.8 Å². The Bertz CT molecular complexity index is 637. The van der Waals surface area contributed by atoms with Crippen molar-refractivity contribution < 1.29 is 13.2 Å². The third kappa shape index (κ3) is 4.46. The lowest BCUT2D eigenvalue weighted by Gasteiger charge is -2.31. The number of ether oxygens (including phenoxy) is 1. The lowest BCUT2D eigenvalue weighted by Crippen LogP contribution is -2.44. The number of sulfonamides is 1. The van der Waals surface area contributed by atoms with Crippen LogP contribution in [0.5, 0.6) is 5.75 Å². The van der Waals surface area contributed by atoms with E-state index in [4.69, 9.17) is 10.00 Å². The first-order valence-corrected chi connectivity index (χ1v) is 9.33. The highest BCUT2D eigenvalue weighted by molar-refractivity contribution is 7.89. The summed E-state index contributed by atoms with van der Waals surface area (Å²) in [6.45, 7) is 2.06. The van der Waals surface area contributed by atoms with E-state index in [1.165, 1.54) is 0 Å². The molecule has 0 heterocycles. The molecule has 1 aromatic carbocycles. The van der Waals surface area contributed by atoms with Gasteiger partial charge in [0.05, 0.1) is 17.9 Å². The Balaban J connectivity index is 2.01. The van der Waals surface area contributed by atoms with Crippen LogP contribution in [0.2, 0.25) is 0 Å². The average molecular weight is 322 g/mol. The molecule has 0 radical (unpaired) electrons.